The van der Waals surface area contributed by atoms with Gasteiger partial charge in [0.25, 0.3) is 0 Å². The highest BCUT2D eigenvalue weighted by molar-refractivity contribution is 7.16. The third-order valence-electron chi connectivity index (χ3n) is 2.59. The van der Waals surface area contributed by atoms with Crippen LogP contribution in [0.5, 0.6) is 0 Å². The van der Waals surface area contributed by atoms with E-state index < -0.39 is 5.82 Å². The Morgan fingerprint density at radius 3 is 2.63 bits per heavy atom. The maximum Gasteiger partial charge on any atom is 0.230 e. The zero-order valence-corrected chi connectivity index (χ0v) is 11.0. The molecule has 0 bridgehead atoms. The second-order valence-electron chi connectivity index (χ2n) is 3.81. The molecule has 0 unspecified atom stereocenters. The first-order chi connectivity index (χ1) is 9.15. The minimum atomic E-state index is -0.399. The van der Waals surface area contributed by atoms with Gasteiger partial charge in [-0.05, 0) is 35.7 Å². The van der Waals surface area contributed by atoms with E-state index in [1.165, 1.54) is 35.6 Å². The molecule has 1 aromatic carbocycles. The van der Waals surface area contributed by atoms with Gasteiger partial charge in [0, 0.05) is 10.9 Å². The van der Waals surface area contributed by atoms with Crippen molar-refractivity contribution in [3.63, 3.8) is 0 Å². The second kappa shape index (κ2) is 4.68. The van der Waals surface area contributed by atoms with E-state index in [4.69, 9.17) is 11.6 Å². The Labute approximate surface area is 116 Å². The minimum Gasteiger partial charge on any atom is -0.285 e. The molecule has 0 saturated heterocycles. The number of aromatic nitrogens is 2. The SMILES string of the molecule is O=C(c1ccc(F)cc1)c1nc(Cl)c2ccsc2n1. The first-order valence-electron chi connectivity index (χ1n) is 5.36. The number of rotatable bonds is 2. The van der Waals surface area contributed by atoms with Crippen molar-refractivity contribution in [2.75, 3.05) is 0 Å². The Morgan fingerprint density at radius 2 is 1.89 bits per heavy atom. The molecule has 0 aliphatic heterocycles. The molecular formula is C13H6ClFN2OS. The zero-order valence-electron chi connectivity index (χ0n) is 9.43. The molecule has 0 aliphatic carbocycles. The summed E-state index contributed by atoms with van der Waals surface area (Å²) in [6.45, 7) is 0. The molecule has 2 heterocycles. The van der Waals surface area contributed by atoms with Crippen molar-refractivity contribution >= 4 is 38.9 Å². The number of ketones is 1. The average Bonchev–Trinajstić information content (AvgIpc) is 2.87. The van der Waals surface area contributed by atoms with Crippen molar-refractivity contribution in [2.45, 2.75) is 0 Å². The largest absolute Gasteiger partial charge is 0.285 e. The molecular weight excluding hydrogens is 287 g/mol. The summed E-state index contributed by atoms with van der Waals surface area (Å²) in [7, 11) is 0. The van der Waals surface area contributed by atoms with Gasteiger partial charge in [-0.2, -0.15) is 0 Å². The lowest BCUT2D eigenvalue weighted by atomic mass is 10.1. The Morgan fingerprint density at radius 1 is 1.16 bits per heavy atom. The van der Waals surface area contributed by atoms with Gasteiger partial charge < -0.3 is 0 Å². The van der Waals surface area contributed by atoms with Crippen LogP contribution in [-0.4, -0.2) is 15.8 Å². The summed E-state index contributed by atoms with van der Waals surface area (Å²) in [5, 5.41) is 2.80. The van der Waals surface area contributed by atoms with Gasteiger partial charge in [0.05, 0.1) is 0 Å². The molecule has 0 fully saturated rings. The maximum absolute atomic E-state index is 12.8. The van der Waals surface area contributed by atoms with Crippen LogP contribution in [0.1, 0.15) is 16.2 Å². The van der Waals surface area contributed by atoms with Gasteiger partial charge in [-0.3, -0.25) is 4.79 Å². The lowest BCUT2D eigenvalue weighted by Crippen LogP contribution is -2.07. The molecule has 0 N–H and O–H groups in total. The fourth-order valence-electron chi connectivity index (χ4n) is 1.65. The fourth-order valence-corrected chi connectivity index (χ4v) is 2.70. The summed E-state index contributed by atoms with van der Waals surface area (Å²) in [6.07, 6.45) is 0. The Balaban J connectivity index is 2.08. The molecule has 3 nitrogen and oxygen atoms in total. The number of halogens is 2. The van der Waals surface area contributed by atoms with E-state index in [0.717, 1.165) is 5.39 Å². The predicted molar refractivity (Wildman–Crippen MR) is 72.3 cm³/mol. The van der Waals surface area contributed by atoms with E-state index in [1.54, 1.807) is 6.07 Å². The molecule has 94 valence electrons. The molecule has 2 aromatic heterocycles. The van der Waals surface area contributed by atoms with Gasteiger partial charge in [-0.25, -0.2) is 14.4 Å². The van der Waals surface area contributed by atoms with Crippen LogP contribution in [0.2, 0.25) is 5.15 Å². The van der Waals surface area contributed by atoms with Gasteiger partial charge in [-0.1, -0.05) is 11.6 Å². The van der Waals surface area contributed by atoms with Crippen LogP contribution in [0.25, 0.3) is 10.2 Å². The Hall–Kier alpha value is -1.85. The highest BCUT2D eigenvalue weighted by Gasteiger charge is 2.15. The summed E-state index contributed by atoms with van der Waals surface area (Å²) in [6, 6.07) is 7.03. The highest BCUT2D eigenvalue weighted by atomic mass is 35.5. The third-order valence-corrected chi connectivity index (χ3v) is 3.68. The van der Waals surface area contributed by atoms with Crippen LogP contribution >= 0.6 is 22.9 Å². The van der Waals surface area contributed by atoms with Gasteiger partial charge >= 0.3 is 0 Å². The van der Waals surface area contributed by atoms with E-state index >= 15 is 0 Å². The number of benzene rings is 1. The molecule has 0 aliphatic rings. The molecule has 3 aromatic rings. The normalized spacial score (nSPS) is 10.8. The number of carbonyl (C=O) groups is 1. The fraction of sp³-hybridized carbons (Fsp3) is 0. The smallest absolute Gasteiger partial charge is 0.230 e. The van der Waals surface area contributed by atoms with Crippen molar-refractivity contribution in [2.24, 2.45) is 0 Å². The summed E-state index contributed by atoms with van der Waals surface area (Å²) < 4.78 is 12.8. The Bertz CT molecular complexity index is 770. The zero-order chi connectivity index (χ0) is 13.4. The van der Waals surface area contributed by atoms with Crippen molar-refractivity contribution in [1.29, 1.82) is 0 Å². The first kappa shape index (κ1) is 12.2. The standard InChI is InChI=1S/C13H6ClFN2OS/c14-11-9-5-6-19-13(9)17-12(16-11)10(18)7-1-3-8(15)4-2-7/h1-6H. The van der Waals surface area contributed by atoms with Gasteiger partial charge in [-0.15, -0.1) is 11.3 Å². The lowest BCUT2D eigenvalue weighted by molar-refractivity contribution is 0.102. The summed E-state index contributed by atoms with van der Waals surface area (Å²) in [5.74, 6) is -0.757. The van der Waals surface area contributed by atoms with E-state index in [0.29, 0.717) is 10.4 Å². The topological polar surface area (TPSA) is 42.9 Å². The van der Waals surface area contributed by atoms with Gasteiger partial charge in [0.15, 0.2) is 0 Å². The van der Waals surface area contributed by atoms with E-state index in [9.17, 15) is 9.18 Å². The van der Waals surface area contributed by atoms with E-state index in [-0.39, 0.29) is 16.8 Å². The Kier molecular flexibility index (Phi) is 3.00. The number of nitrogens with zero attached hydrogens (tertiary/aromatic N) is 2. The molecule has 6 heteroatoms. The van der Waals surface area contributed by atoms with Crippen LogP contribution < -0.4 is 0 Å². The van der Waals surface area contributed by atoms with E-state index in [1.807, 2.05) is 5.38 Å². The second-order valence-corrected chi connectivity index (χ2v) is 5.07. The molecule has 0 saturated carbocycles. The molecule has 0 spiro atoms. The average molecular weight is 293 g/mol. The number of carbonyl (C=O) groups excluding carboxylic acids is 1. The van der Waals surface area contributed by atoms with Crippen molar-refractivity contribution in [3.8, 4) is 0 Å². The molecule has 3 rings (SSSR count). The molecule has 0 atom stereocenters. The minimum absolute atomic E-state index is 0.0200. The third kappa shape index (κ3) is 2.22. The molecule has 0 amide bonds. The van der Waals surface area contributed by atoms with Crippen LogP contribution in [0, 0.1) is 5.82 Å². The van der Waals surface area contributed by atoms with E-state index in [2.05, 4.69) is 9.97 Å². The number of hydrogen-bond acceptors (Lipinski definition) is 4. The highest BCUT2D eigenvalue weighted by Crippen LogP contribution is 2.25. The van der Waals surface area contributed by atoms with Crippen LogP contribution in [0.15, 0.2) is 35.7 Å². The van der Waals surface area contributed by atoms with Crippen LogP contribution in [0.4, 0.5) is 4.39 Å². The van der Waals surface area contributed by atoms with Crippen molar-refractivity contribution in [3.05, 3.63) is 58.1 Å². The molecule has 0 radical (unpaired) electrons. The van der Waals surface area contributed by atoms with Crippen LogP contribution in [0.3, 0.4) is 0 Å². The van der Waals surface area contributed by atoms with Crippen molar-refractivity contribution < 1.29 is 9.18 Å². The maximum atomic E-state index is 12.8. The quantitative estimate of drug-likeness (QED) is 0.534. The lowest BCUT2D eigenvalue weighted by Gasteiger charge is -2.01. The first-order valence-corrected chi connectivity index (χ1v) is 6.62. The predicted octanol–water partition coefficient (Wildman–Crippen LogP) is 3.71. The summed E-state index contributed by atoms with van der Waals surface area (Å²) >= 11 is 7.39. The number of hydrogen-bond donors (Lipinski definition) is 0. The summed E-state index contributed by atoms with van der Waals surface area (Å²) in [4.78, 5) is 21.0. The van der Waals surface area contributed by atoms with Gasteiger partial charge in [0.2, 0.25) is 11.6 Å². The summed E-state index contributed by atoms with van der Waals surface area (Å²) in [5.41, 5.74) is 0.327. The van der Waals surface area contributed by atoms with Gasteiger partial charge in [0.1, 0.15) is 15.8 Å². The van der Waals surface area contributed by atoms with Crippen molar-refractivity contribution in [1.82, 2.24) is 9.97 Å². The number of fused-ring (bicyclic) bond motifs is 1. The number of thiophene rings is 1. The molecule has 19 heavy (non-hydrogen) atoms. The van der Waals surface area contributed by atoms with Crippen LogP contribution in [-0.2, 0) is 0 Å². The monoisotopic (exact) mass is 292 g/mol.